The summed E-state index contributed by atoms with van der Waals surface area (Å²) in [6.07, 6.45) is -4.80. The molecule has 0 spiro atoms. The van der Waals surface area contributed by atoms with Gasteiger partial charge in [0.05, 0.1) is 13.2 Å². The van der Waals surface area contributed by atoms with Crippen LogP contribution in [0.2, 0.25) is 5.02 Å². The summed E-state index contributed by atoms with van der Waals surface area (Å²) in [5.41, 5.74) is 1.01. The Balaban J connectivity index is 1.61. The first-order valence-corrected chi connectivity index (χ1v) is 9.76. The molecule has 31 heavy (non-hydrogen) atoms. The number of carbonyl (C=O) groups excluding carboxylic acids is 1. The monoisotopic (exact) mass is 450 g/mol. The first-order valence-electron chi connectivity index (χ1n) is 9.38. The van der Waals surface area contributed by atoms with Crippen LogP contribution in [0.4, 0.5) is 24.7 Å². The van der Waals surface area contributed by atoms with Gasteiger partial charge in [-0.05, 0) is 42.0 Å². The van der Waals surface area contributed by atoms with Crippen molar-refractivity contribution in [2.45, 2.75) is 24.7 Å². The molecule has 2 aromatic carbocycles. The van der Waals surface area contributed by atoms with Gasteiger partial charge < -0.3 is 15.4 Å². The lowest BCUT2D eigenvalue weighted by Crippen LogP contribution is -2.35. The molecular weight excluding hydrogens is 433 g/mol. The van der Waals surface area contributed by atoms with Crippen LogP contribution in [-0.2, 0) is 0 Å². The molecule has 2 atom stereocenters. The first kappa shape index (κ1) is 21.0. The third-order valence-electron chi connectivity index (χ3n) is 5.04. The molecule has 1 aromatic heterocycles. The summed E-state index contributed by atoms with van der Waals surface area (Å²) >= 11 is 5.89. The van der Waals surface area contributed by atoms with Crippen molar-refractivity contribution in [3.8, 4) is 5.75 Å². The van der Waals surface area contributed by atoms with Gasteiger partial charge in [-0.3, -0.25) is 4.79 Å². The number of rotatable bonds is 4. The number of alkyl halides is 3. The van der Waals surface area contributed by atoms with Gasteiger partial charge in [0.15, 0.2) is 11.7 Å². The van der Waals surface area contributed by atoms with Gasteiger partial charge in [0.2, 0.25) is 0 Å². The maximum absolute atomic E-state index is 13.8. The molecule has 2 heterocycles. The van der Waals surface area contributed by atoms with Gasteiger partial charge in [-0.2, -0.15) is 18.3 Å². The Morgan fingerprint density at radius 3 is 2.48 bits per heavy atom. The van der Waals surface area contributed by atoms with E-state index in [1.807, 2.05) is 0 Å². The van der Waals surface area contributed by atoms with Crippen molar-refractivity contribution in [2.75, 3.05) is 17.7 Å². The van der Waals surface area contributed by atoms with Crippen LogP contribution in [0.1, 0.15) is 34.6 Å². The third kappa shape index (κ3) is 4.46. The minimum atomic E-state index is -4.53. The lowest BCUT2D eigenvalue weighted by molar-refractivity contribution is -0.173. The highest BCUT2D eigenvalue weighted by atomic mass is 35.5. The number of halogens is 4. The fraction of sp³-hybridized carbons (Fsp3) is 0.238. The molecule has 6 nitrogen and oxygen atoms in total. The SMILES string of the molecule is COc1ccc(NC(=O)c2cc3n(n2)[C@@H](C(F)(F)F)C[C@@H](c2ccc(Cl)cc2)N3)cc1. The van der Waals surface area contributed by atoms with Gasteiger partial charge in [-0.15, -0.1) is 0 Å². The molecule has 0 saturated heterocycles. The van der Waals surface area contributed by atoms with Gasteiger partial charge >= 0.3 is 6.18 Å². The fourth-order valence-corrected chi connectivity index (χ4v) is 3.59. The largest absolute Gasteiger partial charge is 0.497 e. The van der Waals surface area contributed by atoms with Crippen LogP contribution in [0, 0.1) is 0 Å². The molecular formula is C21H18ClF3N4O2. The standard InChI is InChI=1S/C21H18ClF3N4O2/c1-31-15-8-6-14(7-9-15)26-20(30)17-11-19-27-16(12-2-4-13(22)5-3-12)10-18(21(23,24)25)29(19)28-17/h2-9,11,16,18,27H,10H2,1H3,(H,26,30)/t16-,18+/m0/s1. The van der Waals surface area contributed by atoms with E-state index in [0.717, 1.165) is 4.68 Å². The van der Waals surface area contributed by atoms with E-state index in [0.29, 0.717) is 22.0 Å². The summed E-state index contributed by atoms with van der Waals surface area (Å²) in [5, 5.41) is 10.1. The van der Waals surface area contributed by atoms with Crippen molar-refractivity contribution in [1.29, 1.82) is 0 Å². The number of fused-ring (bicyclic) bond motifs is 1. The van der Waals surface area contributed by atoms with Gasteiger partial charge in [-0.1, -0.05) is 23.7 Å². The zero-order valence-corrected chi connectivity index (χ0v) is 17.0. The Bertz CT molecular complexity index is 1080. The summed E-state index contributed by atoms with van der Waals surface area (Å²) in [4.78, 5) is 12.6. The highest BCUT2D eigenvalue weighted by Crippen LogP contribution is 2.43. The van der Waals surface area contributed by atoms with E-state index < -0.39 is 24.2 Å². The number of amides is 1. The van der Waals surface area contributed by atoms with Crippen molar-refractivity contribution in [3.63, 3.8) is 0 Å². The number of methoxy groups -OCH3 is 1. The predicted molar refractivity (Wildman–Crippen MR) is 111 cm³/mol. The Kier molecular flexibility index (Phi) is 5.53. The molecule has 4 rings (SSSR count). The molecule has 1 amide bonds. The summed E-state index contributed by atoms with van der Waals surface area (Å²) in [6, 6.07) is 12.0. The van der Waals surface area contributed by atoms with Gasteiger partial charge in [0, 0.05) is 23.2 Å². The average Bonchev–Trinajstić information content (AvgIpc) is 3.17. The molecule has 0 radical (unpaired) electrons. The molecule has 3 aromatic rings. The zero-order chi connectivity index (χ0) is 22.2. The molecule has 162 valence electrons. The number of ether oxygens (including phenoxy) is 1. The number of nitrogens with one attached hydrogen (secondary N) is 2. The summed E-state index contributed by atoms with van der Waals surface area (Å²) in [6.45, 7) is 0. The molecule has 10 heteroatoms. The number of benzene rings is 2. The molecule has 0 bridgehead atoms. The normalized spacial score (nSPS) is 18.1. The highest BCUT2D eigenvalue weighted by Gasteiger charge is 2.46. The van der Waals surface area contributed by atoms with Crippen LogP contribution in [0.5, 0.6) is 5.75 Å². The van der Waals surface area contributed by atoms with Gasteiger partial charge in [0.25, 0.3) is 5.91 Å². The van der Waals surface area contributed by atoms with Gasteiger partial charge in [0.1, 0.15) is 11.6 Å². The second-order valence-electron chi connectivity index (χ2n) is 7.08. The number of aromatic nitrogens is 2. The molecule has 0 unspecified atom stereocenters. The smallest absolute Gasteiger partial charge is 0.410 e. The minimum absolute atomic E-state index is 0.119. The Labute approximate surface area is 181 Å². The molecule has 0 fully saturated rings. The first-order chi connectivity index (χ1) is 14.7. The second kappa shape index (κ2) is 8.14. The molecule has 0 aliphatic carbocycles. The Morgan fingerprint density at radius 2 is 1.87 bits per heavy atom. The van der Waals surface area contributed by atoms with Crippen LogP contribution in [0.25, 0.3) is 0 Å². The minimum Gasteiger partial charge on any atom is -0.497 e. The summed E-state index contributed by atoms with van der Waals surface area (Å²) < 4.78 is 47.2. The third-order valence-corrected chi connectivity index (χ3v) is 5.29. The molecule has 0 saturated carbocycles. The highest BCUT2D eigenvalue weighted by molar-refractivity contribution is 6.30. The second-order valence-corrected chi connectivity index (χ2v) is 7.52. The van der Waals surface area contributed by atoms with E-state index >= 15 is 0 Å². The predicted octanol–water partition coefficient (Wildman–Crippen LogP) is 5.46. The fourth-order valence-electron chi connectivity index (χ4n) is 3.47. The molecule has 1 aliphatic rings. The van der Waals surface area contributed by atoms with Crippen LogP contribution >= 0.6 is 11.6 Å². The van der Waals surface area contributed by atoms with E-state index in [9.17, 15) is 18.0 Å². The number of nitrogens with zero attached hydrogens (tertiary/aromatic N) is 2. The summed E-state index contributed by atoms with van der Waals surface area (Å²) in [7, 11) is 1.52. The quantitative estimate of drug-likeness (QED) is 0.554. The number of carbonyl (C=O) groups is 1. The van der Waals surface area contributed by atoms with Crippen LogP contribution in [0.3, 0.4) is 0 Å². The maximum atomic E-state index is 13.8. The zero-order valence-electron chi connectivity index (χ0n) is 16.3. The Hall–Kier alpha value is -3.20. The Morgan fingerprint density at radius 1 is 1.19 bits per heavy atom. The number of hydrogen-bond donors (Lipinski definition) is 2. The lowest BCUT2D eigenvalue weighted by Gasteiger charge is -2.33. The van der Waals surface area contributed by atoms with Crippen LogP contribution in [0.15, 0.2) is 54.6 Å². The van der Waals surface area contributed by atoms with Crippen LogP contribution < -0.4 is 15.4 Å². The van der Waals surface area contributed by atoms with E-state index in [1.54, 1.807) is 48.5 Å². The van der Waals surface area contributed by atoms with Gasteiger partial charge in [-0.25, -0.2) is 4.68 Å². The lowest BCUT2D eigenvalue weighted by atomic mass is 9.97. The maximum Gasteiger partial charge on any atom is 0.410 e. The van der Waals surface area contributed by atoms with E-state index in [-0.39, 0.29) is 17.9 Å². The summed E-state index contributed by atoms with van der Waals surface area (Å²) in [5.74, 6) is 0.118. The average molecular weight is 451 g/mol. The van der Waals surface area contributed by atoms with Crippen molar-refractivity contribution in [2.24, 2.45) is 0 Å². The van der Waals surface area contributed by atoms with E-state index in [2.05, 4.69) is 15.7 Å². The molecule has 2 N–H and O–H groups in total. The van der Waals surface area contributed by atoms with Crippen molar-refractivity contribution >= 4 is 29.0 Å². The van der Waals surface area contributed by atoms with Crippen molar-refractivity contribution in [3.05, 3.63) is 70.9 Å². The topological polar surface area (TPSA) is 68.2 Å². The molecule has 1 aliphatic heterocycles. The van der Waals surface area contributed by atoms with Crippen molar-refractivity contribution in [1.82, 2.24) is 9.78 Å². The van der Waals surface area contributed by atoms with Crippen molar-refractivity contribution < 1.29 is 22.7 Å². The van der Waals surface area contributed by atoms with E-state index in [4.69, 9.17) is 16.3 Å². The number of hydrogen-bond acceptors (Lipinski definition) is 4. The van der Waals surface area contributed by atoms with Crippen LogP contribution in [-0.4, -0.2) is 29.0 Å². The number of anilines is 2. The van der Waals surface area contributed by atoms with E-state index in [1.165, 1.54) is 13.2 Å².